The number of hydrogen-bond acceptors (Lipinski definition) is 3. The standard InChI is InChI=1S/C25H16F4N4O2/c26-19-10-5-15(25(27,28)29)13-20(19)32-24(34)31-16-6-8-17(9-7-16)35-22-14-23-30-11-12-33(23)21-4-2-1-3-18(21)22/h1-14H,(H2,31,32,34). The summed E-state index contributed by atoms with van der Waals surface area (Å²) in [6.45, 7) is 0. The highest BCUT2D eigenvalue weighted by Crippen LogP contribution is 2.33. The van der Waals surface area contributed by atoms with Crippen molar-refractivity contribution in [2.45, 2.75) is 6.18 Å². The molecule has 2 heterocycles. The Balaban J connectivity index is 1.31. The number of para-hydroxylation sites is 1. The zero-order valence-corrected chi connectivity index (χ0v) is 17.8. The van der Waals surface area contributed by atoms with Gasteiger partial charge in [-0.2, -0.15) is 13.2 Å². The molecule has 0 saturated heterocycles. The first-order valence-electron chi connectivity index (χ1n) is 10.4. The summed E-state index contributed by atoms with van der Waals surface area (Å²) in [6, 6.07) is 16.7. The van der Waals surface area contributed by atoms with Crippen LogP contribution in [0, 0.1) is 5.82 Å². The van der Waals surface area contributed by atoms with Crippen molar-refractivity contribution in [2.75, 3.05) is 10.6 Å². The molecule has 0 saturated carbocycles. The number of urea groups is 1. The summed E-state index contributed by atoms with van der Waals surface area (Å²) in [6.07, 6.45) is -1.11. The minimum absolute atomic E-state index is 0.329. The lowest BCUT2D eigenvalue weighted by atomic mass is 10.2. The number of amides is 2. The number of rotatable bonds is 4. The van der Waals surface area contributed by atoms with Crippen molar-refractivity contribution in [3.8, 4) is 11.5 Å². The van der Waals surface area contributed by atoms with Gasteiger partial charge in [0.1, 0.15) is 23.0 Å². The van der Waals surface area contributed by atoms with Gasteiger partial charge in [0.2, 0.25) is 0 Å². The molecule has 0 radical (unpaired) electrons. The van der Waals surface area contributed by atoms with E-state index in [2.05, 4.69) is 15.6 Å². The fraction of sp³-hybridized carbons (Fsp3) is 0.0400. The highest BCUT2D eigenvalue weighted by molar-refractivity contribution is 6.00. The summed E-state index contributed by atoms with van der Waals surface area (Å²) >= 11 is 0. The van der Waals surface area contributed by atoms with E-state index in [1.54, 1.807) is 30.5 Å². The molecule has 2 aromatic heterocycles. The summed E-state index contributed by atoms with van der Waals surface area (Å²) in [5.74, 6) is 0.0947. The maximum Gasteiger partial charge on any atom is 0.416 e. The zero-order valence-electron chi connectivity index (χ0n) is 17.8. The highest BCUT2D eigenvalue weighted by Gasteiger charge is 2.31. The van der Waals surface area contributed by atoms with Crippen molar-refractivity contribution in [1.82, 2.24) is 9.38 Å². The first-order chi connectivity index (χ1) is 16.8. The van der Waals surface area contributed by atoms with Crippen LogP contribution in [0.1, 0.15) is 5.56 Å². The first kappa shape index (κ1) is 22.2. The average Bonchev–Trinajstić information content (AvgIpc) is 3.30. The number of benzene rings is 3. The van der Waals surface area contributed by atoms with E-state index in [9.17, 15) is 22.4 Å². The molecular weight excluding hydrogens is 464 g/mol. The van der Waals surface area contributed by atoms with Gasteiger partial charge in [0.25, 0.3) is 0 Å². The van der Waals surface area contributed by atoms with Gasteiger partial charge < -0.3 is 15.4 Å². The van der Waals surface area contributed by atoms with Crippen molar-refractivity contribution in [2.24, 2.45) is 0 Å². The van der Waals surface area contributed by atoms with Crippen molar-refractivity contribution >= 4 is 34.0 Å². The van der Waals surface area contributed by atoms with E-state index in [1.807, 2.05) is 40.9 Å². The van der Waals surface area contributed by atoms with E-state index < -0.39 is 29.3 Å². The SMILES string of the molecule is O=C(Nc1ccc(Oc2cc3nccn3c3ccccc23)cc1)Nc1cc(C(F)(F)F)ccc1F. The molecule has 10 heteroatoms. The van der Waals surface area contributed by atoms with Crippen molar-refractivity contribution in [3.63, 3.8) is 0 Å². The second-order valence-corrected chi connectivity index (χ2v) is 7.58. The quantitative estimate of drug-likeness (QED) is 0.270. The summed E-state index contributed by atoms with van der Waals surface area (Å²) in [5, 5.41) is 5.42. The van der Waals surface area contributed by atoms with E-state index in [0.717, 1.165) is 16.6 Å². The molecule has 0 aliphatic carbocycles. The number of nitrogens with one attached hydrogen (secondary N) is 2. The third-order valence-electron chi connectivity index (χ3n) is 5.24. The molecule has 6 nitrogen and oxygen atoms in total. The summed E-state index contributed by atoms with van der Waals surface area (Å²) in [4.78, 5) is 16.5. The highest BCUT2D eigenvalue weighted by atomic mass is 19.4. The smallest absolute Gasteiger partial charge is 0.416 e. The molecule has 0 bridgehead atoms. The predicted octanol–water partition coefficient (Wildman–Crippen LogP) is 7.08. The third-order valence-corrected chi connectivity index (χ3v) is 5.24. The summed E-state index contributed by atoms with van der Waals surface area (Å²) in [5.41, 5.74) is 0.316. The molecule has 0 spiro atoms. The fourth-order valence-corrected chi connectivity index (χ4v) is 3.61. The lowest BCUT2D eigenvalue weighted by molar-refractivity contribution is -0.137. The number of aromatic nitrogens is 2. The minimum atomic E-state index is -4.66. The number of imidazole rings is 1. The Bertz CT molecular complexity index is 1550. The van der Waals surface area contributed by atoms with Crippen LogP contribution in [0.3, 0.4) is 0 Å². The number of nitrogens with zero attached hydrogens (tertiary/aromatic N) is 2. The number of carbonyl (C=O) groups is 1. The zero-order chi connectivity index (χ0) is 24.6. The number of carbonyl (C=O) groups excluding carboxylic acids is 1. The number of anilines is 2. The summed E-state index contributed by atoms with van der Waals surface area (Å²) < 4.78 is 60.4. The van der Waals surface area contributed by atoms with Crippen molar-refractivity contribution < 1.29 is 27.1 Å². The second kappa shape index (κ2) is 8.64. The van der Waals surface area contributed by atoms with Crippen LogP contribution in [0.4, 0.5) is 33.7 Å². The minimum Gasteiger partial charge on any atom is -0.457 e. The molecule has 2 amide bonds. The molecule has 0 atom stereocenters. The van der Waals surface area contributed by atoms with E-state index in [4.69, 9.17) is 4.74 Å². The topological polar surface area (TPSA) is 67.7 Å². The molecule has 5 aromatic rings. The monoisotopic (exact) mass is 480 g/mol. The van der Waals surface area contributed by atoms with Crippen LogP contribution in [-0.2, 0) is 6.18 Å². The Morgan fingerprint density at radius 2 is 1.71 bits per heavy atom. The maximum atomic E-state index is 13.9. The number of alkyl halides is 3. The van der Waals surface area contributed by atoms with Crippen molar-refractivity contribution in [1.29, 1.82) is 0 Å². The van der Waals surface area contributed by atoms with Gasteiger partial charge >= 0.3 is 12.2 Å². The molecule has 0 unspecified atom stereocenters. The lowest BCUT2D eigenvalue weighted by Crippen LogP contribution is -2.20. The van der Waals surface area contributed by atoms with Gasteiger partial charge in [0.05, 0.1) is 16.8 Å². The Kier molecular flexibility index (Phi) is 5.48. The van der Waals surface area contributed by atoms with Gasteiger partial charge in [-0.25, -0.2) is 14.2 Å². The van der Waals surface area contributed by atoms with E-state index in [0.29, 0.717) is 35.4 Å². The number of halogens is 4. The second-order valence-electron chi connectivity index (χ2n) is 7.58. The van der Waals surface area contributed by atoms with E-state index in [-0.39, 0.29) is 0 Å². The van der Waals surface area contributed by atoms with E-state index >= 15 is 0 Å². The molecule has 35 heavy (non-hydrogen) atoms. The van der Waals surface area contributed by atoms with Crippen LogP contribution >= 0.6 is 0 Å². The Labute approximate surface area is 195 Å². The molecule has 2 N–H and O–H groups in total. The normalized spacial score (nSPS) is 11.5. The number of ether oxygens (including phenoxy) is 1. The van der Waals surface area contributed by atoms with Crippen LogP contribution in [0.5, 0.6) is 11.5 Å². The summed E-state index contributed by atoms with van der Waals surface area (Å²) in [7, 11) is 0. The average molecular weight is 480 g/mol. The molecule has 176 valence electrons. The van der Waals surface area contributed by atoms with Gasteiger partial charge in [0.15, 0.2) is 0 Å². The third kappa shape index (κ3) is 4.58. The predicted molar refractivity (Wildman–Crippen MR) is 123 cm³/mol. The maximum absolute atomic E-state index is 13.9. The van der Waals surface area contributed by atoms with Gasteiger partial charge in [-0.3, -0.25) is 4.40 Å². The Morgan fingerprint density at radius 3 is 2.49 bits per heavy atom. The Morgan fingerprint density at radius 1 is 0.943 bits per heavy atom. The largest absolute Gasteiger partial charge is 0.457 e. The van der Waals surface area contributed by atoms with Crippen LogP contribution in [-0.4, -0.2) is 15.4 Å². The Hall–Kier alpha value is -4.60. The van der Waals surface area contributed by atoms with Crippen molar-refractivity contribution in [3.05, 3.63) is 96.6 Å². The van der Waals surface area contributed by atoms with Crippen LogP contribution in [0.25, 0.3) is 16.6 Å². The molecule has 5 rings (SSSR count). The van der Waals surface area contributed by atoms with Gasteiger partial charge in [-0.05, 0) is 54.6 Å². The lowest BCUT2D eigenvalue weighted by Gasteiger charge is -2.13. The molecule has 3 aromatic carbocycles. The van der Waals surface area contributed by atoms with Crippen LogP contribution in [0.2, 0.25) is 0 Å². The molecule has 0 aliphatic rings. The van der Waals surface area contributed by atoms with Gasteiger partial charge in [0, 0.05) is 29.5 Å². The first-order valence-corrected chi connectivity index (χ1v) is 10.4. The molecule has 0 aliphatic heterocycles. The number of pyridine rings is 1. The van der Waals surface area contributed by atoms with Crippen LogP contribution in [0.15, 0.2) is 85.2 Å². The fourth-order valence-electron chi connectivity index (χ4n) is 3.61. The van der Waals surface area contributed by atoms with E-state index in [1.165, 1.54) is 0 Å². The van der Waals surface area contributed by atoms with Crippen LogP contribution < -0.4 is 15.4 Å². The van der Waals surface area contributed by atoms with Gasteiger partial charge in [-0.15, -0.1) is 0 Å². The number of hydrogen-bond donors (Lipinski definition) is 2. The molecule has 0 fully saturated rings. The number of fused-ring (bicyclic) bond motifs is 3. The van der Waals surface area contributed by atoms with Gasteiger partial charge in [-0.1, -0.05) is 12.1 Å². The molecular formula is C25H16F4N4O2.